The van der Waals surface area contributed by atoms with Gasteiger partial charge in [-0.05, 0) is 37.5 Å². The van der Waals surface area contributed by atoms with E-state index in [1.54, 1.807) is 0 Å². The Bertz CT molecular complexity index is 636. The van der Waals surface area contributed by atoms with E-state index in [0.29, 0.717) is 0 Å². The van der Waals surface area contributed by atoms with E-state index in [2.05, 4.69) is 4.72 Å². The molecule has 1 saturated carbocycles. The maximum absolute atomic E-state index is 12.4. The van der Waals surface area contributed by atoms with Crippen molar-refractivity contribution in [2.75, 3.05) is 0 Å². The maximum atomic E-state index is 12.4. The lowest BCUT2D eigenvalue weighted by molar-refractivity contribution is 0.0696. The number of carboxylic acid groups (broad SMARTS) is 1. The standard InChI is InChI=1S/C13H16ClNO4S/c1-8-11(13(16)17)6-9(14)7-12(8)20(18,19)15-10-4-2-3-5-10/h6-7,10,15H,2-5H2,1H3,(H,16,17). The molecule has 2 rings (SSSR count). The smallest absolute Gasteiger partial charge is 0.336 e. The molecule has 1 aromatic carbocycles. The summed E-state index contributed by atoms with van der Waals surface area (Å²) in [6.45, 7) is 1.48. The molecule has 1 aliphatic rings. The maximum Gasteiger partial charge on any atom is 0.336 e. The number of sulfonamides is 1. The van der Waals surface area contributed by atoms with Gasteiger partial charge in [0.15, 0.2) is 0 Å². The van der Waals surface area contributed by atoms with Crippen molar-refractivity contribution in [1.29, 1.82) is 0 Å². The largest absolute Gasteiger partial charge is 0.478 e. The highest BCUT2D eigenvalue weighted by Crippen LogP contribution is 2.26. The van der Waals surface area contributed by atoms with Crippen LogP contribution in [0.1, 0.15) is 41.6 Å². The van der Waals surface area contributed by atoms with Gasteiger partial charge in [-0.25, -0.2) is 17.9 Å². The molecule has 0 spiro atoms. The Morgan fingerprint density at radius 1 is 1.35 bits per heavy atom. The molecule has 1 aromatic rings. The van der Waals surface area contributed by atoms with E-state index >= 15 is 0 Å². The van der Waals surface area contributed by atoms with Crippen molar-refractivity contribution in [3.8, 4) is 0 Å². The summed E-state index contributed by atoms with van der Waals surface area (Å²) in [7, 11) is -3.75. The SMILES string of the molecule is Cc1c(C(=O)O)cc(Cl)cc1S(=O)(=O)NC1CCCC1. The second-order valence-electron chi connectivity index (χ2n) is 4.98. The minimum absolute atomic E-state index is 0.0608. The lowest BCUT2D eigenvalue weighted by Gasteiger charge is -2.15. The van der Waals surface area contributed by atoms with Crippen LogP contribution in [0.5, 0.6) is 0 Å². The molecule has 0 aliphatic heterocycles. The van der Waals surface area contributed by atoms with Gasteiger partial charge in [0, 0.05) is 11.1 Å². The summed E-state index contributed by atoms with van der Waals surface area (Å²) >= 11 is 5.83. The molecule has 0 unspecified atom stereocenters. The number of carbonyl (C=O) groups is 1. The van der Waals surface area contributed by atoms with Crippen LogP contribution < -0.4 is 4.72 Å². The third-order valence-corrected chi connectivity index (χ3v) is 5.39. The molecule has 7 heteroatoms. The van der Waals surface area contributed by atoms with Gasteiger partial charge in [0.2, 0.25) is 10.0 Å². The summed E-state index contributed by atoms with van der Waals surface area (Å²) in [6.07, 6.45) is 3.62. The number of hydrogen-bond acceptors (Lipinski definition) is 3. The summed E-state index contributed by atoms with van der Waals surface area (Å²) in [5.74, 6) is -1.19. The van der Waals surface area contributed by atoms with Crippen molar-refractivity contribution in [3.63, 3.8) is 0 Å². The number of rotatable bonds is 4. The predicted octanol–water partition coefficient (Wildman–Crippen LogP) is 2.57. The van der Waals surface area contributed by atoms with Gasteiger partial charge in [-0.2, -0.15) is 0 Å². The van der Waals surface area contributed by atoms with E-state index in [9.17, 15) is 13.2 Å². The van der Waals surface area contributed by atoms with Crippen LogP contribution in [0.3, 0.4) is 0 Å². The molecule has 1 fully saturated rings. The van der Waals surface area contributed by atoms with Crippen molar-refractivity contribution in [1.82, 2.24) is 4.72 Å². The lowest BCUT2D eigenvalue weighted by Crippen LogP contribution is -2.33. The number of carboxylic acids is 1. The summed E-state index contributed by atoms with van der Waals surface area (Å²) in [4.78, 5) is 11.1. The molecule has 0 aromatic heterocycles. The van der Waals surface area contributed by atoms with Crippen molar-refractivity contribution < 1.29 is 18.3 Å². The first-order valence-corrected chi connectivity index (χ1v) is 8.23. The molecular weight excluding hydrogens is 302 g/mol. The van der Waals surface area contributed by atoms with Crippen LogP contribution in [-0.4, -0.2) is 25.5 Å². The van der Waals surface area contributed by atoms with Crippen LogP contribution in [-0.2, 0) is 10.0 Å². The third-order valence-electron chi connectivity index (χ3n) is 3.52. The first-order chi connectivity index (χ1) is 9.31. The Morgan fingerprint density at radius 2 is 1.95 bits per heavy atom. The number of benzene rings is 1. The molecule has 0 heterocycles. The van der Waals surface area contributed by atoms with Crippen molar-refractivity contribution >= 4 is 27.6 Å². The summed E-state index contributed by atoms with van der Waals surface area (Å²) < 4.78 is 27.4. The van der Waals surface area contributed by atoms with Gasteiger partial charge in [0.1, 0.15) is 0 Å². The Kier molecular flexibility index (Phi) is 4.36. The molecule has 0 bridgehead atoms. The molecule has 0 saturated heterocycles. The van der Waals surface area contributed by atoms with Crippen LogP contribution >= 0.6 is 11.6 Å². The lowest BCUT2D eigenvalue weighted by atomic mass is 10.1. The quantitative estimate of drug-likeness (QED) is 0.894. The molecule has 1 aliphatic carbocycles. The Hall–Kier alpha value is -1.11. The predicted molar refractivity (Wildman–Crippen MR) is 75.7 cm³/mol. The van der Waals surface area contributed by atoms with Crippen LogP contribution in [0, 0.1) is 6.92 Å². The fourth-order valence-electron chi connectivity index (χ4n) is 2.48. The van der Waals surface area contributed by atoms with Crippen molar-refractivity contribution in [3.05, 3.63) is 28.3 Å². The summed E-state index contributed by atoms with van der Waals surface area (Å²) in [5.41, 5.74) is 0.108. The van der Waals surface area contributed by atoms with Crippen LogP contribution in [0.4, 0.5) is 0 Å². The molecule has 0 radical (unpaired) electrons. The molecule has 20 heavy (non-hydrogen) atoms. The van der Waals surface area contributed by atoms with Gasteiger partial charge in [-0.1, -0.05) is 24.4 Å². The second-order valence-corrected chi connectivity index (χ2v) is 7.10. The summed E-state index contributed by atoms with van der Waals surface area (Å²) in [6, 6.07) is 2.47. The van der Waals surface area contributed by atoms with Gasteiger partial charge >= 0.3 is 5.97 Å². The minimum atomic E-state index is -3.75. The zero-order chi connectivity index (χ0) is 14.9. The van der Waals surface area contributed by atoms with E-state index in [0.717, 1.165) is 25.7 Å². The average Bonchev–Trinajstić information content (AvgIpc) is 2.83. The van der Waals surface area contributed by atoms with Crippen molar-refractivity contribution in [2.24, 2.45) is 0 Å². The third kappa shape index (κ3) is 3.13. The van der Waals surface area contributed by atoms with Crippen LogP contribution in [0.15, 0.2) is 17.0 Å². The molecule has 0 amide bonds. The molecule has 0 atom stereocenters. The average molecular weight is 318 g/mol. The number of nitrogens with one attached hydrogen (secondary N) is 1. The number of aromatic carboxylic acids is 1. The minimum Gasteiger partial charge on any atom is -0.478 e. The zero-order valence-corrected chi connectivity index (χ0v) is 12.6. The van der Waals surface area contributed by atoms with E-state index in [4.69, 9.17) is 16.7 Å². The molecule has 110 valence electrons. The Balaban J connectivity index is 2.42. The normalized spacial score (nSPS) is 16.5. The Labute approximate surface area is 123 Å². The number of halogens is 1. The Morgan fingerprint density at radius 3 is 2.50 bits per heavy atom. The van der Waals surface area contributed by atoms with E-state index in [-0.39, 0.29) is 27.1 Å². The molecule has 2 N–H and O–H groups in total. The van der Waals surface area contributed by atoms with Gasteiger partial charge in [0.05, 0.1) is 10.5 Å². The van der Waals surface area contributed by atoms with Gasteiger partial charge in [-0.15, -0.1) is 0 Å². The van der Waals surface area contributed by atoms with E-state index < -0.39 is 16.0 Å². The fraction of sp³-hybridized carbons (Fsp3) is 0.462. The first-order valence-electron chi connectivity index (χ1n) is 6.37. The zero-order valence-electron chi connectivity index (χ0n) is 11.0. The molecular formula is C13H16ClNO4S. The highest BCUT2D eigenvalue weighted by atomic mass is 35.5. The van der Waals surface area contributed by atoms with Crippen molar-refractivity contribution in [2.45, 2.75) is 43.5 Å². The highest BCUT2D eigenvalue weighted by Gasteiger charge is 2.26. The molecule has 5 nitrogen and oxygen atoms in total. The van der Waals surface area contributed by atoms with Crippen LogP contribution in [0.2, 0.25) is 5.02 Å². The topological polar surface area (TPSA) is 83.5 Å². The van der Waals surface area contributed by atoms with Gasteiger partial charge in [0.25, 0.3) is 0 Å². The van der Waals surface area contributed by atoms with E-state index in [1.165, 1.54) is 19.1 Å². The highest BCUT2D eigenvalue weighted by molar-refractivity contribution is 7.89. The number of hydrogen-bond donors (Lipinski definition) is 2. The first kappa shape index (κ1) is 15.3. The van der Waals surface area contributed by atoms with Crippen LogP contribution in [0.25, 0.3) is 0 Å². The monoisotopic (exact) mass is 317 g/mol. The second kappa shape index (κ2) is 5.71. The van der Waals surface area contributed by atoms with Gasteiger partial charge in [-0.3, -0.25) is 0 Å². The summed E-state index contributed by atoms with van der Waals surface area (Å²) in [5, 5.41) is 9.19. The van der Waals surface area contributed by atoms with Gasteiger partial charge < -0.3 is 5.11 Å². The van der Waals surface area contributed by atoms with E-state index in [1.807, 2.05) is 0 Å². The fourth-order valence-corrected chi connectivity index (χ4v) is 4.36.